The van der Waals surface area contributed by atoms with Crippen LogP contribution in [0.2, 0.25) is 0 Å². The summed E-state index contributed by atoms with van der Waals surface area (Å²) in [5.74, 6) is -0.272. The minimum Gasteiger partial charge on any atom is -0.358 e. The van der Waals surface area contributed by atoms with Gasteiger partial charge < -0.3 is 20.5 Å². The highest BCUT2D eigenvalue weighted by Crippen LogP contribution is 2.37. The van der Waals surface area contributed by atoms with Gasteiger partial charge in [-0.3, -0.25) is 9.59 Å². The van der Waals surface area contributed by atoms with Crippen molar-refractivity contribution in [3.05, 3.63) is 88.5 Å². The summed E-state index contributed by atoms with van der Waals surface area (Å²) in [5.41, 5.74) is 9.21. The van der Waals surface area contributed by atoms with Crippen molar-refractivity contribution >= 4 is 29.2 Å². The molecule has 0 aliphatic carbocycles. The lowest BCUT2D eigenvalue weighted by molar-refractivity contribution is -0.110. The number of aromatic nitrogens is 3. The van der Waals surface area contributed by atoms with Crippen LogP contribution < -0.4 is 10.6 Å². The molecule has 0 bridgehead atoms. The zero-order chi connectivity index (χ0) is 28.4. The number of amides is 2. The quantitative estimate of drug-likeness (QED) is 0.251. The molecular formula is C32H36N6O2. The molecule has 40 heavy (non-hydrogen) atoms. The van der Waals surface area contributed by atoms with Crippen molar-refractivity contribution in [3.8, 4) is 16.8 Å². The number of nitrogens with one attached hydrogen (secondary N) is 3. The molecule has 0 saturated carbocycles. The average Bonchev–Trinajstić information content (AvgIpc) is 3.62. The fourth-order valence-corrected chi connectivity index (χ4v) is 5.25. The molecule has 5 rings (SSSR count). The van der Waals surface area contributed by atoms with Gasteiger partial charge in [-0.25, -0.2) is 4.68 Å². The molecule has 1 aliphatic rings. The molecule has 2 aromatic carbocycles. The summed E-state index contributed by atoms with van der Waals surface area (Å²) in [6.07, 6.45) is 5.67. The highest BCUT2D eigenvalue weighted by atomic mass is 16.2. The molecular weight excluding hydrogens is 500 g/mol. The van der Waals surface area contributed by atoms with Crippen LogP contribution in [0.1, 0.15) is 52.3 Å². The van der Waals surface area contributed by atoms with Crippen molar-refractivity contribution < 1.29 is 9.59 Å². The van der Waals surface area contributed by atoms with Gasteiger partial charge in [0.1, 0.15) is 0 Å². The van der Waals surface area contributed by atoms with E-state index >= 15 is 0 Å². The van der Waals surface area contributed by atoms with E-state index in [1.807, 2.05) is 67.3 Å². The van der Waals surface area contributed by atoms with Gasteiger partial charge in [-0.05, 0) is 80.9 Å². The largest absolute Gasteiger partial charge is 0.358 e. The molecule has 1 aliphatic heterocycles. The van der Waals surface area contributed by atoms with E-state index in [9.17, 15) is 9.59 Å². The van der Waals surface area contributed by atoms with Crippen molar-refractivity contribution in [1.82, 2.24) is 25.0 Å². The number of likely N-dealkylation sites (N-methyl/N-ethyl adjacent to an activating group) is 1. The Bertz CT molecular complexity index is 1610. The number of hydrogen-bond acceptors (Lipinski definition) is 4. The van der Waals surface area contributed by atoms with E-state index < -0.39 is 0 Å². The van der Waals surface area contributed by atoms with Crippen molar-refractivity contribution in [2.75, 3.05) is 31.5 Å². The molecule has 0 fully saturated rings. The summed E-state index contributed by atoms with van der Waals surface area (Å²) in [6, 6.07) is 14.1. The predicted octanol–water partition coefficient (Wildman–Crippen LogP) is 5.36. The van der Waals surface area contributed by atoms with E-state index in [2.05, 4.69) is 58.5 Å². The maximum atomic E-state index is 13.0. The molecule has 2 aromatic heterocycles. The number of aryl methyl sites for hydroxylation is 2. The lowest BCUT2D eigenvalue weighted by atomic mass is 10.00. The van der Waals surface area contributed by atoms with E-state index in [1.165, 1.54) is 5.56 Å². The minimum atomic E-state index is -0.167. The van der Waals surface area contributed by atoms with Crippen molar-refractivity contribution in [1.29, 1.82) is 0 Å². The number of carbonyl (C=O) groups excluding carboxylic acids is 2. The van der Waals surface area contributed by atoms with Gasteiger partial charge in [0.15, 0.2) is 0 Å². The van der Waals surface area contributed by atoms with Crippen LogP contribution in [0.3, 0.4) is 0 Å². The van der Waals surface area contributed by atoms with Crippen LogP contribution in [0.5, 0.6) is 0 Å². The second kappa shape index (κ2) is 11.4. The number of fused-ring (bicyclic) bond motifs is 1. The second-order valence-corrected chi connectivity index (χ2v) is 10.2. The third-order valence-corrected chi connectivity index (χ3v) is 7.58. The minimum absolute atomic E-state index is 0.104. The number of carbonyl (C=O) groups is 2. The topological polar surface area (TPSA) is 95.1 Å². The van der Waals surface area contributed by atoms with Gasteiger partial charge in [0.05, 0.1) is 23.0 Å². The molecule has 0 spiro atoms. The molecule has 0 unspecified atom stereocenters. The fourth-order valence-electron chi connectivity index (χ4n) is 5.25. The zero-order valence-electron chi connectivity index (χ0n) is 23.8. The van der Waals surface area contributed by atoms with Crippen LogP contribution in [0.15, 0.2) is 54.9 Å². The van der Waals surface area contributed by atoms with E-state index in [0.717, 1.165) is 64.7 Å². The molecule has 4 aromatic rings. The van der Waals surface area contributed by atoms with Crippen molar-refractivity contribution in [2.45, 2.75) is 34.6 Å². The van der Waals surface area contributed by atoms with Crippen LogP contribution in [-0.2, 0) is 4.79 Å². The highest BCUT2D eigenvalue weighted by Gasteiger charge is 2.26. The first-order valence-corrected chi connectivity index (χ1v) is 13.8. The summed E-state index contributed by atoms with van der Waals surface area (Å²) in [7, 11) is 0. The summed E-state index contributed by atoms with van der Waals surface area (Å²) >= 11 is 0. The van der Waals surface area contributed by atoms with Crippen LogP contribution in [0, 0.1) is 20.8 Å². The van der Waals surface area contributed by atoms with Crippen LogP contribution in [0.25, 0.3) is 28.5 Å². The van der Waals surface area contributed by atoms with Crippen molar-refractivity contribution in [3.63, 3.8) is 0 Å². The molecule has 206 valence electrons. The molecule has 0 radical (unpaired) electrons. The molecule has 0 saturated heterocycles. The average molecular weight is 537 g/mol. The Morgan fingerprint density at radius 3 is 2.62 bits per heavy atom. The maximum absolute atomic E-state index is 13.0. The Labute approximate surface area is 235 Å². The summed E-state index contributed by atoms with van der Waals surface area (Å²) in [5, 5.41) is 10.6. The normalized spacial score (nSPS) is 13.7. The van der Waals surface area contributed by atoms with E-state index in [-0.39, 0.29) is 11.8 Å². The first-order chi connectivity index (χ1) is 19.3. The number of aromatic amines is 1. The third-order valence-electron chi connectivity index (χ3n) is 7.58. The van der Waals surface area contributed by atoms with Gasteiger partial charge in [-0.15, -0.1) is 0 Å². The van der Waals surface area contributed by atoms with Gasteiger partial charge in [0.25, 0.3) is 11.8 Å². The SMILES string of the molecule is CCN(CC)CCNC(=O)c1c(C)[nH]c(C=C2C(=O)Nc3ccc(-c4cnn(-c5cccc(C)c5)c4)cc32)c1C. The van der Waals surface area contributed by atoms with E-state index in [1.54, 1.807) is 0 Å². The standard InChI is InChI=1S/C32H36N6O2/c1-6-37(7-2)14-13-33-32(40)30-21(4)29(35-22(30)5)17-27-26-16-23(11-12-28(26)36-31(27)39)24-18-34-38(19-24)25-10-8-9-20(3)15-25/h8-12,15-19,35H,6-7,13-14H2,1-5H3,(H,33,40)(H,36,39). The summed E-state index contributed by atoms with van der Waals surface area (Å²) in [4.78, 5) is 31.6. The molecule has 3 heterocycles. The van der Waals surface area contributed by atoms with Gasteiger partial charge in [0, 0.05) is 47.5 Å². The van der Waals surface area contributed by atoms with Gasteiger partial charge >= 0.3 is 0 Å². The Morgan fingerprint density at radius 1 is 1.07 bits per heavy atom. The molecule has 2 amide bonds. The molecule has 0 atom stereocenters. The van der Waals surface area contributed by atoms with Crippen LogP contribution in [0.4, 0.5) is 5.69 Å². The number of hydrogen-bond donors (Lipinski definition) is 3. The molecule has 8 nitrogen and oxygen atoms in total. The second-order valence-electron chi connectivity index (χ2n) is 10.2. The van der Waals surface area contributed by atoms with Crippen LogP contribution in [-0.4, -0.2) is 57.7 Å². The van der Waals surface area contributed by atoms with Gasteiger partial charge in [-0.2, -0.15) is 5.10 Å². The maximum Gasteiger partial charge on any atom is 0.256 e. The first kappa shape index (κ1) is 27.1. The zero-order valence-corrected chi connectivity index (χ0v) is 23.8. The third kappa shape index (κ3) is 5.35. The van der Waals surface area contributed by atoms with Gasteiger partial charge in [0.2, 0.25) is 0 Å². The smallest absolute Gasteiger partial charge is 0.256 e. The number of rotatable bonds is 9. The first-order valence-electron chi connectivity index (χ1n) is 13.8. The Morgan fingerprint density at radius 2 is 1.88 bits per heavy atom. The van der Waals surface area contributed by atoms with Crippen molar-refractivity contribution in [2.24, 2.45) is 0 Å². The van der Waals surface area contributed by atoms with Gasteiger partial charge in [-0.1, -0.05) is 32.0 Å². The highest BCUT2D eigenvalue weighted by molar-refractivity contribution is 6.35. The number of nitrogens with zero attached hydrogens (tertiary/aromatic N) is 3. The fraction of sp³-hybridized carbons (Fsp3) is 0.281. The number of H-pyrrole nitrogens is 1. The summed E-state index contributed by atoms with van der Waals surface area (Å²) < 4.78 is 1.86. The number of anilines is 1. The van der Waals surface area contributed by atoms with Crippen LogP contribution >= 0.6 is 0 Å². The number of benzene rings is 2. The predicted molar refractivity (Wildman–Crippen MR) is 161 cm³/mol. The van der Waals surface area contributed by atoms with E-state index in [4.69, 9.17) is 0 Å². The molecule has 8 heteroatoms. The van der Waals surface area contributed by atoms with E-state index in [0.29, 0.717) is 17.7 Å². The monoisotopic (exact) mass is 536 g/mol. The molecule has 3 N–H and O–H groups in total. The lowest BCUT2D eigenvalue weighted by Crippen LogP contribution is -2.35. The Balaban J connectivity index is 1.41. The Hall–Kier alpha value is -4.43. The summed E-state index contributed by atoms with van der Waals surface area (Å²) in [6.45, 7) is 13.4. The Kier molecular flexibility index (Phi) is 7.71. The lowest BCUT2D eigenvalue weighted by Gasteiger charge is -2.18.